The van der Waals surface area contributed by atoms with Crippen LogP contribution in [-0.2, 0) is 12.8 Å². The number of hydrogen-bond donors (Lipinski definition) is 3. The number of fused-ring (bicyclic) bond motifs is 7. The number of aliphatic hydroxyl groups excluding tert-OH is 3. The van der Waals surface area contributed by atoms with Gasteiger partial charge in [0.25, 0.3) is 0 Å². The number of hydrogen-bond acceptors (Lipinski definition) is 17. The van der Waals surface area contributed by atoms with Crippen LogP contribution in [0.15, 0.2) is 350 Å². The molecule has 3 N–H and O–H groups in total. The molecule has 0 amide bonds. The van der Waals surface area contributed by atoms with Crippen molar-refractivity contribution in [1.29, 1.82) is 0 Å². The molecule has 0 fully saturated rings. The van der Waals surface area contributed by atoms with E-state index >= 15 is 0 Å². The SMILES string of the molecule is CC(Br)c1oc2cccc(F)c2c(=O)c1-c1ccc(F)cc1.CC(O)c1oc2cccc(F)c2c(=O)c1-c1ccc(F)cc1.CC(O)c1oc2cccc(F)c2c(=O)c1-c1cccc(F)c1.CCCc1oc2cccc(F)c2c(=O)c1-c1ccccc1.CCc1oc2cccc(F)c2c(=O)c1-c1ccc(F)cc1.C[C@H](O)c1oc2cccc(F)c2c(=O)c1-c1cccc(F)c1.Cc1cc(=O)c2c(F)cccc2o1. The first kappa shape index (κ1) is 103. The van der Waals surface area contributed by atoms with Crippen molar-refractivity contribution in [3.05, 3.63) is 467 Å². The van der Waals surface area contributed by atoms with Crippen LogP contribution in [0.2, 0.25) is 0 Å². The Labute approximate surface area is 811 Å². The zero-order valence-corrected chi connectivity index (χ0v) is 78.1. The van der Waals surface area contributed by atoms with Crippen LogP contribution in [0.3, 0.4) is 0 Å². The summed E-state index contributed by atoms with van der Waals surface area (Å²) in [6.07, 6.45) is -1.29. The van der Waals surface area contributed by atoms with Crippen molar-refractivity contribution in [2.75, 3.05) is 0 Å². The molecule has 0 spiro atoms. The molecule has 7 aromatic heterocycles. The Kier molecular flexibility index (Phi) is 32.3. The van der Waals surface area contributed by atoms with Gasteiger partial charge in [-0.25, -0.2) is 52.7 Å². The lowest BCUT2D eigenvalue weighted by molar-refractivity contribution is 0.171. The van der Waals surface area contributed by atoms with Gasteiger partial charge >= 0.3 is 0 Å². The van der Waals surface area contributed by atoms with Gasteiger partial charge in [0.05, 0.1) is 38.2 Å². The van der Waals surface area contributed by atoms with E-state index in [4.69, 9.17) is 30.9 Å². The van der Waals surface area contributed by atoms with Gasteiger partial charge in [-0.2, -0.15) is 0 Å². The molecule has 0 saturated carbocycles. The molecule has 20 rings (SSSR count). The quantitative estimate of drug-likeness (QED) is 0.0715. The van der Waals surface area contributed by atoms with Crippen LogP contribution in [-0.4, -0.2) is 15.3 Å². The van der Waals surface area contributed by atoms with E-state index in [9.17, 15) is 102 Å². The highest BCUT2D eigenvalue weighted by atomic mass is 79.9. The average molecular weight is 2020 g/mol. The minimum absolute atomic E-state index is 0.0197. The van der Waals surface area contributed by atoms with E-state index in [2.05, 4.69) is 15.9 Å². The van der Waals surface area contributed by atoms with E-state index in [1.54, 1.807) is 44.2 Å². The van der Waals surface area contributed by atoms with Gasteiger partial charge in [-0.1, -0.05) is 163 Å². The molecule has 17 nitrogen and oxygen atoms in total. The second-order valence-corrected chi connectivity index (χ2v) is 33.7. The minimum Gasteiger partial charge on any atom is -0.461 e. The fraction of sp³-hybridized carbons (Fsp3) is 0.124. The van der Waals surface area contributed by atoms with Crippen molar-refractivity contribution in [1.82, 2.24) is 0 Å². The Morgan fingerprint density at radius 3 is 0.818 bits per heavy atom. The number of benzene rings is 13. The van der Waals surface area contributed by atoms with Crippen molar-refractivity contribution in [2.24, 2.45) is 0 Å². The van der Waals surface area contributed by atoms with Gasteiger partial charge in [-0.3, -0.25) is 33.6 Å². The molecule has 20 aromatic rings. The smallest absolute Gasteiger partial charge is 0.203 e. The summed E-state index contributed by atoms with van der Waals surface area (Å²) in [5.74, 6) is -4.88. The maximum Gasteiger partial charge on any atom is 0.203 e. The van der Waals surface area contributed by atoms with Crippen LogP contribution in [0.4, 0.5) is 52.7 Å². The predicted molar refractivity (Wildman–Crippen MR) is 527 cm³/mol. The van der Waals surface area contributed by atoms with Crippen LogP contribution in [0.1, 0.15) is 111 Å². The summed E-state index contributed by atoms with van der Waals surface area (Å²) in [4.78, 5) is 87.1. The molecule has 0 bridgehead atoms. The van der Waals surface area contributed by atoms with Gasteiger partial charge in [0.15, 0.2) is 5.43 Å². The van der Waals surface area contributed by atoms with Crippen molar-refractivity contribution in [3.8, 4) is 66.8 Å². The molecule has 13 aromatic carbocycles. The minimum atomic E-state index is -1.10. The summed E-state index contributed by atoms with van der Waals surface area (Å²) < 4.78 is 202. The number of halogens is 13. The molecule has 4 atom stereocenters. The van der Waals surface area contributed by atoms with Crippen LogP contribution in [0, 0.1) is 76.7 Å². The lowest BCUT2D eigenvalue weighted by Crippen LogP contribution is -2.12. The average Bonchev–Trinajstić information content (AvgIpc) is 0.782. The molecule has 0 aliphatic heterocycles. The van der Waals surface area contributed by atoms with Crippen molar-refractivity contribution >= 4 is 92.7 Å². The van der Waals surface area contributed by atoms with E-state index < -0.39 is 115 Å². The second kappa shape index (κ2) is 45.0. The Hall–Kier alpha value is -16.2. The molecular weight excluding hydrogens is 1940 g/mol. The Morgan fingerprint density at radius 2 is 0.510 bits per heavy atom. The second-order valence-electron chi connectivity index (χ2n) is 32.3. The predicted octanol–water partition coefficient (Wildman–Crippen LogP) is 27.7. The van der Waals surface area contributed by atoms with E-state index in [0.29, 0.717) is 69.3 Å². The van der Waals surface area contributed by atoms with E-state index in [0.717, 1.165) is 42.3 Å². The Bertz CT molecular complexity index is 8330. The molecule has 3 unspecified atom stereocenters. The molecule has 0 saturated heterocycles. The summed E-state index contributed by atoms with van der Waals surface area (Å²) in [5.41, 5.74) is 1.31. The van der Waals surface area contributed by atoms with Gasteiger partial charge in [0.1, 0.15) is 205 Å². The monoisotopic (exact) mass is 2020 g/mol. The van der Waals surface area contributed by atoms with Crippen LogP contribution in [0.5, 0.6) is 0 Å². The molecule has 726 valence electrons. The summed E-state index contributed by atoms with van der Waals surface area (Å²) in [6, 6.07) is 66.7. The van der Waals surface area contributed by atoms with E-state index in [1.165, 1.54) is 215 Å². The van der Waals surface area contributed by atoms with Gasteiger partial charge in [0, 0.05) is 18.9 Å². The molecule has 0 aliphatic carbocycles. The largest absolute Gasteiger partial charge is 0.461 e. The lowest BCUT2D eigenvalue weighted by atomic mass is 10.00. The molecular formula is C113H81BrF12O17. The fourth-order valence-electron chi connectivity index (χ4n) is 15.9. The number of alkyl halides is 1. The molecule has 143 heavy (non-hydrogen) atoms. The van der Waals surface area contributed by atoms with E-state index in [-0.39, 0.29) is 138 Å². The van der Waals surface area contributed by atoms with Crippen molar-refractivity contribution in [3.63, 3.8) is 0 Å². The normalized spacial score (nSPS) is 11.9. The Balaban J connectivity index is 0.000000133. The Morgan fingerprint density at radius 1 is 0.259 bits per heavy atom. The van der Waals surface area contributed by atoms with Crippen molar-refractivity contribution < 1.29 is 98.9 Å². The third-order valence-corrected chi connectivity index (χ3v) is 22.7. The first-order valence-electron chi connectivity index (χ1n) is 44.2. The van der Waals surface area contributed by atoms with Crippen LogP contribution in [0.25, 0.3) is 144 Å². The molecule has 7 heterocycles. The summed E-state index contributed by atoms with van der Waals surface area (Å²) >= 11 is 3.38. The van der Waals surface area contributed by atoms with Gasteiger partial charge in [-0.05, 0) is 220 Å². The fourth-order valence-corrected chi connectivity index (χ4v) is 16.2. The summed E-state index contributed by atoms with van der Waals surface area (Å²) in [7, 11) is 0. The number of rotatable bonds is 13. The first-order valence-corrected chi connectivity index (χ1v) is 45.1. The topological polar surface area (TPSA) is 272 Å². The zero-order chi connectivity index (χ0) is 103. The van der Waals surface area contributed by atoms with Crippen LogP contribution >= 0.6 is 15.9 Å². The number of aliphatic hydroxyl groups is 3. The molecule has 0 aliphatic rings. The molecule has 0 radical (unpaired) electrons. The van der Waals surface area contributed by atoms with Gasteiger partial charge in [0.2, 0.25) is 32.6 Å². The highest BCUT2D eigenvalue weighted by Crippen LogP contribution is 2.38. The summed E-state index contributed by atoms with van der Waals surface area (Å²) in [5, 5.41) is 28.9. The van der Waals surface area contributed by atoms with E-state index in [1.807, 2.05) is 44.2 Å². The third-order valence-electron chi connectivity index (χ3n) is 22.3. The van der Waals surface area contributed by atoms with Gasteiger partial charge in [-0.15, -0.1) is 0 Å². The van der Waals surface area contributed by atoms with Crippen LogP contribution < -0.4 is 38.0 Å². The van der Waals surface area contributed by atoms with Gasteiger partial charge < -0.3 is 46.2 Å². The third kappa shape index (κ3) is 22.5. The summed E-state index contributed by atoms with van der Waals surface area (Å²) in [6.45, 7) is 11.6. The maximum atomic E-state index is 14.0. The highest BCUT2D eigenvalue weighted by Gasteiger charge is 2.29. The lowest BCUT2D eigenvalue weighted by Gasteiger charge is -2.12. The first-order chi connectivity index (χ1) is 68.5. The number of aryl methyl sites for hydroxylation is 3. The zero-order valence-electron chi connectivity index (χ0n) is 76.5. The maximum absolute atomic E-state index is 14.0. The standard InChI is InChI=1S/C18H15FO2.C17H11BrF2O2.3C17H12F2O3.C17H12F2O2.C10H7FO2/c1-2-7-14-16(12-8-4-3-5-9-12)18(20)17-13(19)10-6-11-15(17)21-14;1-9(18)17-14(10-5-7-11(19)8-6-10)16(21)15-12(20)3-2-4-13(15)22-17;2*1-9(20)17-14(10-4-2-5-11(18)8-10)16(21)15-12(19)6-3-7-13(15)22-17;1-9(20)17-14(10-5-7-11(18)8-6-10)16(21)15-12(19)3-2-4-13(15)22-17;1-2-13-15(10-6-8-11(18)9-7-10)17(20)16-12(19)4-3-5-14(16)21-13;1-6-5-8(12)10-7(11)3-2-4-9(10)13-6/h3-6,8-11H,2,7H2,1H3;2-9H,1H3;3*2-9,20H,1H3;3-9H,2H2,1H3;2-5H,1H3/t;;9-;;;;/m..0..../s1. The van der Waals surface area contributed by atoms with Crippen molar-refractivity contribution in [2.45, 2.75) is 90.9 Å². The molecule has 30 heteroatoms. The highest BCUT2D eigenvalue weighted by molar-refractivity contribution is 9.09.